The Morgan fingerprint density at radius 2 is 2.11 bits per heavy atom. The van der Waals surface area contributed by atoms with Crippen molar-refractivity contribution in [2.75, 3.05) is 25.0 Å². The summed E-state index contributed by atoms with van der Waals surface area (Å²) >= 11 is 0. The van der Waals surface area contributed by atoms with E-state index in [-0.39, 0.29) is 6.03 Å². The van der Waals surface area contributed by atoms with Crippen molar-refractivity contribution in [2.24, 2.45) is 11.8 Å². The molecule has 7 nitrogen and oxygen atoms in total. The zero-order chi connectivity index (χ0) is 18.6. The number of hydrogen-bond donors (Lipinski definition) is 1. The Labute approximate surface area is 159 Å². The molecule has 0 bridgehead atoms. The number of carbonyl (C=O) groups excluding carboxylic acids is 1. The van der Waals surface area contributed by atoms with Crippen molar-refractivity contribution in [1.29, 1.82) is 0 Å². The second-order valence-corrected chi connectivity index (χ2v) is 7.51. The van der Waals surface area contributed by atoms with Crippen molar-refractivity contribution in [3.8, 4) is 5.75 Å². The first-order chi connectivity index (χ1) is 13.2. The molecule has 2 fully saturated rings. The van der Waals surface area contributed by atoms with E-state index in [2.05, 4.69) is 20.1 Å². The Morgan fingerprint density at radius 1 is 1.26 bits per heavy atom. The lowest BCUT2D eigenvalue weighted by atomic mass is 10.0. The Balaban J connectivity index is 1.33. The van der Waals surface area contributed by atoms with Gasteiger partial charge in [0.1, 0.15) is 17.9 Å². The Hall–Kier alpha value is -2.57. The van der Waals surface area contributed by atoms with Gasteiger partial charge in [-0.25, -0.2) is 4.79 Å². The summed E-state index contributed by atoms with van der Waals surface area (Å²) in [5.41, 5.74) is 0.719. The number of para-hydroxylation sites is 2. The zero-order valence-corrected chi connectivity index (χ0v) is 15.8. The number of nitrogens with zero attached hydrogens (tertiary/aromatic N) is 4. The fourth-order valence-electron chi connectivity index (χ4n) is 3.66. The van der Waals surface area contributed by atoms with Gasteiger partial charge in [-0.05, 0) is 50.2 Å². The largest absolute Gasteiger partial charge is 0.492 e. The molecule has 1 aliphatic heterocycles. The van der Waals surface area contributed by atoms with Crippen molar-refractivity contribution in [3.63, 3.8) is 0 Å². The minimum Gasteiger partial charge on any atom is -0.492 e. The number of rotatable bonds is 7. The van der Waals surface area contributed by atoms with Gasteiger partial charge in [-0.2, -0.15) is 0 Å². The molecule has 1 aliphatic carbocycles. The standard InChI is InChI=1S/C20H27N5O2/c1-2-27-18-6-4-3-5-17(18)22-20(26)24-10-9-16(13-24)11-19-23-21-14-25(19)12-15-7-8-15/h3-6,14-16H,2,7-13H2,1H3,(H,22,26). The minimum atomic E-state index is -0.0656. The molecule has 27 heavy (non-hydrogen) atoms. The van der Waals surface area contributed by atoms with E-state index in [9.17, 15) is 4.79 Å². The van der Waals surface area contributed by atoms with Crippen LogP contribution >= 0.6 is 0 Å². The molecule has 1 atom stereocenters. The molecule has 1 saturated heterocycles. The molecule has 1 N–H and O–H groups in total. The number of urea groups is 1. The molecule has 1 aromatic heterocycles. The summed E-state index contributed by atoms with van der Waals surface area (Å²) in [5.74, 6) is 2.99. The topological polar surface area (TPSA) is 72.3 Å². The smallest absolute Gasteiger partial charge is 0.321 e. The van der Waals surface area contributed by atoms with Gasteiger partial charge < -0.3 is 19.5 Å². The summed E-state index contributed by atoms with van der Waals surface area (Å²) in [4.78, 5) is 14.5. The van der Waals surface area contributed by atoms with Crippen molar-refractivity contribution in [1.82, 2.24) is 19.7 Å². The maximum atomic E-state index is 12.7. The molecule has 1 aromatic carbocycles. The molecule has 2 amide bonds. The maximum absolute atomic E-state index is 12.7. The van der Waals surface area contributed by atoms with Crippen LogP contribution in [0.3, 0.4) is 0 Å². The van der Waals surface area contributed by atoms with Gasteiger partial charge in [0.2, 0.25) is 0 Å². The molecule has 0 radical (unpaired) electrons. The predicted octanol–water partition coefficient (Wildman–Crippen LogP) is 3.18. The summed E-state index contributed by atoms with van der Waals surface area (Å²) in [5, 5.41) is 11.4. The first-order valence-corrected chi connectivity index (χ1v) is 9.87. The molecule has 1 saturated carbocycles. The third-order valence-electron chi connectivity index (χ3n) is 5.32. The van der Waals surface area contributed by atoms with E-state index in [0.717, 1.165) is 49.9 Å². The van der Waals surface area contributed by atoms with Gasteiger partial charge >= 0.3 is 6.03 Å². The van der Waals surface area contributed by atoms with E-state index in [0.29, 0.717) is 18.3 Å². The lowest BCUT2D eigenvalue weighted by molar-refractivity contribution is 0.220. The number of aromatic nitrogens is 3. The van der Waals surface area contributed by atoms with Crippen LogP contribution in [0.1, 0.15) is 32.0 Å². The van der Waals surface area contributed by atoms with Crippen molar-refractivity contribution in [3.05, 3.63) is 36.4 Å². The number of nitrogens with one attached hydrogen (secondary N) is 1. The first kappa shape index (κ1) is 17.8. The van der Waals surface area contributed by atoms with Crippen LogP contribution in [0.2, 0.25) is 0 Å². The van der Waals surface area contributed by atoms with Crippen molar-refractivity contribution >= 4 is 11.7 Å². The normalized spacial score (nSPS) is 19.3. The monoisotopic (exact) mass is 369 g/mol. The number of carbonyl (C=O) groups is 1. The summed E-state index contributed by atoms with van der Waals surface area (Å²) in [6.07, 6.45) is 6.36. The van der Waals surface area contributed by atoms with Gasteiger partial charge in [0.15, 0.2) is 0 Å². The molecule has 7 heteroatoms. The van der Waals surface area contributed by atoms with E-state index in [4.69, 9.17) is 4.74 Å². The van der Waals surface area contributed by atoms with Crippen LogP contribution in [-0.4, -0.2) is 45.4 Å². The van der Waals surface area contributed by atoms with Crippen LogP contribution in [0.4, 0.5) is 10.5 Å². The van der Waals surface area contributed by atoms with Gasteiger partial charge in [-0.15, -0.1) is 10.2 Å². The fourth-order valence-corrected chi connectivity index (χ4v) is 3.66. The van der Waals surface area contributed by atoms with Crippen LogP contribution in [0.5, 0.6) is 5.75 Å². The lowest BCUT2D eigenvalue weighted by Crippen LogP contribution is -2.33. The Morgan fingerprint density at radius 3 is 2.93 bits per heavy atom. The summed E-state index contributed by atoms with van der Waals surface area (Å²) in [6.45, 7) is 5.06. The molecule has 1 unspecified atom stereocenters. The molecule has 4 rings (SSSR count). The molecular formula is C20H27N5O2. The van der Waals surface area contributed by atoms with Crippen LogP contribution in [0.25, 0.3) is 0 Å². The highest BCUT2D eigenvalue weighted by molar-refractivity contribution is 5.91. The van der Waals surface area contributed by atoms with Crippen molar-refractivity contribution < 1.29 is 9.53 Å². The number of hydrogen-bond acceptors (Lipinski definition) is 4. The van der Waals surface area contributed by atoms with Crippen LogP contribution < -0.4 is 10.1 Å². The van der Waals surface area contributed by atoms with E-state index in [1.165, 1.54) is 12.8 Å². The quantitative estimate of drug-likeness (QED) is 0.814. The summed E-state index contributed by atoms with van der Waals surface area (Å²) in [7, 11) is 0. The first-order valence-electron chi connectivity index (χ1n) is 9.87. The summed E-state index contributed by atoms with van der Waals surface area (Å²) < 4.78 is 7.78. The van der Waals surface area contributed by atoms with E-state index < -0.39 is 0 Å². The predicted molar refractivity (Wildman–Crippen MR) is 103 cm³/mol. The molecule has 0 spiro atoms. The average molecular weight is 369 g/mol. The number of benzene rings is 1. The van der Waals surface area contributed by atoms with Crippen LogP contribution in [0, 0.1) is 11.8 Å². The number of amides is 2. The van der Waals surface area contributed by atoms with Gasteiger partial charge in [0.05, 0.1) is 12.3 Å². The van der Waals surface area contributed by atoms with E-state index in [1.807, 2.05) is 42.4 Å². The zero-order valence-electron chi connectivity index (χ0n) is 15.8. The van der Waals surface area contributed by atoms with Crippen molar-refractivity contribution in [2.45, 2.75) is 39.2 Å². The highest BCUT2D eigenvalue weighted by atomic mass is 16.5. The minimum absolute atomic E-state index is 0.0656. The second-order valence-electron chi connectivity index (χ2n) is 7.51. The second kappa shape index (κ2) is 7.98. The highest BCUT2D eigenvalue weighted by Gasteiger charge is 2.29. The van der Waals surface area contributed by atoms with Crippen LogP contribution in [-0.2, 0) is 13.0 Å². The van der Waals surface area contributed by atoms with E-state index in [1.54, 1.807) is 0 Å². The molecule has 2 aromatic rings. The van der Waals surface area contributed by atoms with Gasteiger partial charge in [0, 0.05) is 26.1 Å². The Kier molecular flexibility index (Phi) is 5.27. The van der Waals surface area contributed by atoms with Gasteiger partial charge in [-0.3, -0.25) is 0 Å². The molecule has 144 valence electrons. The Bertz CT molecular complexity index is 786. The van der Waals surface area contributed by atoms with Gasteiger partial charge in [0.25, 0.3) is 0 Å². The van der Waals surface area contributed by atoms with E-state index >= 15 is 0 Å². The summed E-state index contributed by atoms with van der Waals surface area (Å²) in [6, 6.07) is 7.49. The number of likely N-dealkylation sites (tertiary alicyclic amines) is 1. The average Bonchev–Trinajstić information content (AvgIpc) is 3.18. The lowest BCUT2D eigenvalue weighted by Gasteiger charge is -2.19. The third kappa shape index (κ3) is 4.40. The SMILES string of the molecule is CCOc1ccccc1NC(=O)N1CCC(Cc2nncn2CC2CC2)C1. The number of anilines is 1. The van der Waals surface area contributed by atoms with Gasteiger partial charge in [-0.1, -0.05) is 12.1 Å². The maximum Gasteiger partial charge on any atom is 0.321 e. The third-order valence-corrected chi connectivity index (χ3v) is 5.32. The highest BCUT2D eigenvalue weighted by Crippen LogP contribution is 2.31. The number of ether oxygens (including phenoxy) is 1. The van der Waals surface area contributed by atoms with Crippen LogP contribution in [0.15, 0.2) is 30.6 Å². The molecule has 2 heterocycles. The molecule has 2 aliphatic rings. The molecular weight excluding hydrogens is 342 g/mol. The fraction of sp³-hybridized carbons (Fsp3) is 0.550.